The smallest absolute Gasteiger partial charge is 0.264 e. The third kappa shape index (κ3) is 5.93. The number of nitrogens with zero attached hydrogens (tertiary/aromatic N) is 3. The topological polar surface area (TPSA) is 91.7 Å². The van der Waals surface area contributed by atoms with Crippen LogP contribution in [-0.2, 0) is 14.8 Å². The van der Waals surface area contributed by atoms with E-state index in [1.54, 1.807) is 73.1 Å². The zero-order valence-electron chi connectivity index (χ0n) is 17.1. The molecule has 3 aromatic rings. The predicted octanol–water partition coefficient (Wildman–Crippen LogP) is 3.46. The molecule has 0 fully saturated rings. The van der Waals surface area contributed by atoms with Gasteiger partial charge in [0.2, 0.25) is 0 Å². The zero-order chi connectivity index (χ0) is 22.3. The van der Waals surface area contributed by atoms with Gasteiger partial charge in [-0.1, -0.05) is 23.8 Å². The number of hydrogen-bond acceptors (Lipinski definition) is 6. The zero-order valence-corrected chi connectivity index (χ0v) is 18.7. The average Bonchev–Trinajstić information content (AvgIpc) is 2.79. The molecule has 0 aliphatic rings. The van der Waals surface area contributed by atoms with Crippen molar-refractivity contribution in [2.75, 3.05) is 17.1 Å². The Morgan fingerprint density at radius 2 is 1.84 bits per heavy atom. The Labute approximate surface area is 186 Å². The molecule has 0 unspecified atom stereocenters. The van der Waals surface area contributed by atoms with Gasteiger partial charge in [0, 0.05) is 22.9 Å². The highest BCUT2D eigenvalue weighted by molar-refractivity contribution is 7.98. The number of sulfonamides is 1. The normalized spacial score (nSPS) is 11.4. The van der Waals surface area contributed by atoms with E-state index in [-0.39, 0.29) is 4.90 Å². The largest absolute Gasteiger partial charge is 0.271 e. The molecule has 1 heterocycles. The number of aryl methyl sites for hydroxylation is 1. The Balaban J connectivity index is 1.84. The van der Waals surface area contributed by atoms with Crippen LogP contribution >= 0.6 is 11.8 Å². The van der Waals surface area contributed by atoms with E-state index in [4.69, 9.17) is 0 Å². The van der Waals surface area contributed by atoms with Gasteiger partial charge in [-0.2, -0.15) is 5.10 Å². The molecule has 0 bridgehead atoms. The van der Waals surface area contributed by atoms with Crippen molar-refractivity contribution < 1.29 is 13.2 Å². The van der Waals surface area contributed by atoms with Crippen molar-refractivity contribution in [3.05, 3.63) is 84.2 Å². The van der Waals surface area contributed by atoms with E-state index >= 15 is 0 Å². The molecule has 31 heavy (non-hydrogen) atoms. The second-order valence-corrected chi connectivity index (χ2v) is 9.34. The van der Waals surface area contributed by atoms with E-state index in [0.29, 0.717) is 11.3 Å². The summed E-state index contributed by atoms with van der Waals surface area (Å²) in [6.45, 7) is 1.49. The summed E-state index contributed by atoms with van der Waals surface area (Å²) in [6.07, 6.45) is 6.58. The summed E-state index contributed by atoms with van der Waals surface area (Å²) < 4.78 is 27.8. The molecule has 2 aromatic carbocycles. The molecule has 0 aliphatic carbocycles. The van der Waals surface area contributed by atoms with Crippen LogP contribution in [0.2, 0.25) is 0 Å². The summed E-state index contributed by atoms with van der Waals surface area (Å²) in [6, 6.07) is 17.0. The Morgan fingerprint density at radius 1 is 1.13 bits per heavy atom. The molecule has 1 aromatic heterocycles. The SMILES string of the molecule is CSc1ccc(S(=O)(=O)N(CC(=O)N/N=C\c2cccnc2)c2ccc(C)cc2)cc1. The van der Waals surface area contributed by atoms with Gasteiger partial charge in [0.15, 0.2) is 0 Å². The Hall–Kier alpha value is -3.17. The number of aromatic nitrogens is 1. The Kier molecular flexibility index (Phi) is 7.43. The van der Waals surface area contributed by atoms with Crippen molar-refractivity contribution in [2.45, 2.75) is 16.7 Å². The van der Waals surface area contributed by atoms with Crippen molar-refractivity contribution in [3.8, 4) is 0 Å². The van der Waals surface area contributed by atoms with Crippen LogP contribution in [0.1, 0.15) is 11.1 Å². The van der Waals surface area contributed by atoms with Crippen LogP contribution in [0.15, 0.2) is 87.9 Å². The third-order valence-electron chi connectivity index (χ3n) is 4.34. The highest BCUT2D eigenvalue weighted by Gasteiger charge is 2.27. The lowest BCUT2D eigenvalue weighted by atomic mass is 10.2. The minimum absolute atomic E-state index is 0.109. The fourth-order valence-corrected chi connectivity index (χ4v) is 4.53. The van der Waals surface area contributed by atoms with Crippen LogP contribution in [0.4, 0.5) is 5.69 Å². The maximum atomic E-state index is 13.3. The first-order chi connectivity index (χ1) is 14.9. The van der Waals surface area contributed by atoms with Crippen molar-refractivity contribution in [2.24, 2.45) is 5.10 Å². The second-order valence-electron chi connectivity index (χ2n) is 6.60. The molecule has 0 aliphatic heterocycles. The van der Waals surface area contributed by atoms with Crippen molar-refractivity contribution in [1.29, 1.82) is 0 Å². The highest BCUT2D eigenvalue weighted by atomic mass is 32.2. The maximum absolute atomic E-state index is 13.3. The van der Waals surface area contributed by atoms with Gasteiger partial charge in [-0.15, -0.1) is 11.8 Å². The molecule has 7 nitrogen and oxygen atoms in total. The number of carbonyl (C=O) groups excluding carboxylic acids is 1. The number of carbonyl (C=O) groups is 1. The molecule has 1 N–H and O–H groups in total. The standard InChI is InChI=1S/C22H22N4O3S2/c1-17-5-7-19(8-6-17)26(31(28,29)21-11-9-20(30-2)10-12-21)16-22(27)25-24-15-18-4-3-13-23-14-18/h3-15H,16H2,1-2H3,(H,25,27)/b24-15-. The number of benzene rings is 2. The van der Waals surface area contributed by atoms with Gasteiger partial charge >= 0.3 is 0 Å². The molecule has 160 valence electrons. The number of pyridine rings is 1. The lowest BCUT2D eigenvalue weighted by Gasteiger charge is -2.24. The second kappa shape index (κ2) is 10.2. The summed E-state index contributed by atoms with van der Waals surface area (Å²) in [7, 11) is -3.96. The first-order valence-electron chi connectivity index (χ1n) is 9.35. The van der Waals surface area contributed by atoms with Gasteiger partial charge in [-0.25, -0.2) is 13.8 Å². The van der Waals surface area contributed by atoms with Gasteiger partial charge in [0.05, 0.1) is 16.8 Å². The molecular formula is C22H22N4O3S2. The minimum atomic E-state index is -3.96. The maximum Gasteiger partial charge on any atom is 0.264 e. The number of hydrogen-bond donors (Lipinski definition) is 1. The van der Waals surface area contributed by atoms with E-state index in [2.05, 4.69) is 15.5 Å². The fourth-order valence-electron chi connectivity index (χ4n) is 2.70. The van der Waals surface area contributed by atoms with Gasteiger partial charge in [0.1, 0.15) is 6.54 Å². The number of nitrogens with one attached hydrogen (secondary N) is 1. The monoisotopic (exact) mass is 454 g/mol. The summed E-state index contributed by atoms with van der Waals surface area (Å²) in [5, 5.41) is 3.89. The predicted molar refractivity (Wildman–Crippen MR) is 124 cm³/mol. The minimum Gasteiger partial charge on any atom is -0.271 e. The van der Waals surface area contributed by atoms with Crippen LogP contribution in [0.3, 0.4) is 0 Å². The number of thioether (sulfide) groups is 1. The average molecular weight is 455 g/mol. The van der Waals surface area contributed by atoms with Gasteiger partial charge < -0.3 is 0 Å². The van der Waals surface area contributed by atoms with E-state index in [9.17, 15) is 13.2 Å². The molecule has 1 amide bonds. The number of rotatable bonds is 8. The highest BCUT2D eigenvalue weighted by Crippen LogP contribution is 2.25. The first-order valence-corrected chi connectivity index (χ1v) is 12.0. The lowest BCUT2D eigenvalue weighted by Crippen LogP contribution is -2.39. The van der Waals surface area contributed by atoms with Gasteiger partial charge in [-0.3, -0.25) is 14.1 Å². The van der Waals surface area contributed by atoms with Crippen LogP contribution in [-0.4, -0.2) is 38.3 Å². The van der Waals surface area contributed by atoms with Crippen molar-refractivity contribution in [1.82, 2.24) is 10.4 Å². The van der Waals surface area contributed by atoms with Gasteiger partial charge in [-0.05, 0) is 55.6 Å². The van der Waals surface area contributed by atoms with E-state index in [0.717, 1.165) is 14.8 Å². The summed E-state index contributed by atoms with van der Waals surface area (Å²) in [4.78, 5) is 17.5. The fraction of sp³-hybridized carbons (Fsp3) is 0.136. The molecule has 9 heteroatoms. The molecular weight excluding hydrogens is 432 g/mol. The Bertz CT molecular complexity index is 1150. The molecule has 0 spiro atoms. The number of hydrazone groups is 1. The summed E-state index contributed by atoms with van der Waals surface area (Å²) in [5.41, 5.74) is 4.46. The van der Waals surface area contributed by atoms with E-state index < -0.39 is 22.5 Å². The molecule has 0 radical (unpaired) electrons. The Morgan fingerprint density at radius 3 is 2.45 bits per heavy atom. The van der Waals surface area contributed by atoms with Gasteiger partial charge in [0.25, 0.3) is 15.9 Å². The lowest BCUT2D eigenvalue weighted by molar-refractivity contribution is -0.119. The molecule has 3 rings (SSSR count). The number of amides is 1. The molecule has 0 saturated heterocycles. The first kappa shape index (κ1) is 22.5. The summed E-state index contributed by atoms with van der Waals surface area (Å²) in [5.74, 6) is -0.565. The quantitative estimate of drug-likeness (QED) is 0.320. The van der Waals surface area contributed by atoms with Crippen molar-refractivity contribution >= 4 is 39.6 Å². The van der Waals surface area contributed by atoms with Crippen LogP contribution in [0.5, 0.6) is 0 Å². The molecule has 0 saturated carbocycles. The van der Waals surface area contributed by atoms with Crippen molar-refractivity contribution in [3.63, 3.8) is 0 Å². The van der Waals surface area contributed by atoms with Crippen LogP contribution < -0.4 is 9.73 Å². The third-order valence-corrected chi connectivity index (χ3v) is 6.88. The van der Waals surface area contributed by atoms with E-state index in [1.807, 2.05) is 13.2 Å². The van der Waals surface area contributed by atoms with Crippen LogP contribution in [0, 0.1) is 6.92 Å². The summed E-state index contributed by atoms with van der Waals surface area (Å²) >= 11 is 1.52. The van der Waals surface area contributed by atoms with Crippen LogP contribution in [0.25, 0.3) is 0 Å². The number of anilines is 1. The molecule has 0 atom stereocenters. The van der Waals surface area contributed by atoms with E-state index in [1.165, 1.54) is 18.0 Å².